The van der Waals surface area contributed by atoms with Gasteiger partial charge in [-0.15, -0.1) is 62.4 Å². The molecule has 0 fully saturated rings. The van der Waals surface area contributed by atoms with E-state index in [9.17, 15) is 0 Å². The number of aliphatic hydroxyl groups excluding tert-OH is 2. The number of hydrogen-bond donors (Lipinski definition) is 2. The fourth-order valence-corrected chi connectivity index (χ4v) is 6.09. The average molecular weight is 1450 g/mol. The van der Waals surface area contributed by atoms with Gasteiger partial charge < -0.3 is 30.1 Å². The molecule has 0 saturated carbocycles. The van der Waals surface area contributed by atoms with Crippen molar-refractivity contribution in [3.05, 3.63) is 217 Å². The second-order valence-corrected chi connectivity index (χ2v) is 18.3. The Labute approximate surface area is 519 Å². The number of pyridine rings is 6. The number of hydrogen-bond acceptors (Lipinski definition) is 8. The maximum Gasteiger partial charge on any atom is 3.00 e. The molecule has 2 atom stereocenters. The summed E-state index contributed by atoms with van der Waals surface area (Å²) in [5.74, 6) is 0. The Hall–Kier alpha value is -5.44. The second-order valence-electron chi connectivity index (χ2n) is 18.3. The van der Waals surface area contributed by atoms with E-state index in [0.29, 0.717) is 6.42 Å². The van der Waals surface area contributed by atoms with E-state index in [1.807, 2.05) is 146 Å². The van der Waals surface area contributed by atoms with E-state index < -0.39 is 0 Å². The fraction of sp³-hybridized carbons (Fsp3) is 0.408. The third kappa shape index (κ3) is 57.6. The summed E-state index contributed by atoms with van der Waals surface area (Å²) >= 11 is 0. The van der Waals surface area contributed by atoms with Gasteiger partial charge in [0.1, 0.15) is 0 Å². The minimum atomic E-state index is -0.375. The molecule has 8 nitrogen and oxygen atoms in total. The Morgan fingerprint density at radius 3 is 0.951 bits per heavy atom. The van der Waals surface area contributed by atoms with Gasteiger partial charge in [0.15, 0.2) is 0 Å². The predicted octanol–water partition coefficient (Wildman–Crippen LogP) is 18.9. The summed E-state index contributed by atoms with van der Waals surface area (Å²) in [6.07, 6.45) is 63.6. The van der Waals surface area contributed by atoms with Crippen LogP contribution in [-0.2, 0) is 40.2 Å². The summed E-state index contributed by atoms with van der Waals surface area (Å²) in [4.78, 5) is 24.8. The van der Waals surface area contributed by atoms with Crippen molar-refractivity contribution in [3.8, 4) is 0 Å². The zero-order valence-corrected chi connectivity index (χ0v) is 55.0. The van der Waals surface area contributed by atoms with Gasteiger partial charge in [-0.25, -0.2) is 30.4 Å². The van der Waals surface area contributed by atoms with E-state index >= 15 is 0 Å². The summed E-state index contributed by atoms with van der Waals surface area (Å²) in [5, 5.41) is 17.1. The number of rotatable bonds is 26. The molecule has 2 N–H and O–H groups in total. The molecule has 0 spiro atoms. The summed E-state index contributed by atoms with van der Waals surface area (Å²) in [6, 6.07) is 33.5. The normalized spacial score (nSPS) is 11.2. The van der Waals surface area contributed by atoms with Gasteiger partial charge in [-0.1, -0.05) is 184 Å². The molecule has 0 aromatic carbocycles. The van der Waals surface area contributed by atoms with Crippen molar-refractivity contribution in [1.82, 2.24) is 29.9 Å². The molecule has 443 valence electrons. The van der Waals surface area contributed by atoms with E-state index in [0.717, 1.165) is 72.6 Å². The second kappa shape index (κ2) is 63.7. The van der Waals surface area contributed by atoms with Crippen LogP contribution in [0.4, 0.5) is 0 Å². The van der Waals surface area contributed by atoms with Crippen LogP contribution in [0, 0.1) is 30.4 Å². The minimum Gasteiger partial charge on any atom is -0.393 e. The number of allylic oxidation sites excluding steroid dienone is 6. The first-order chi connectivity index (χ1) is 38.7. The standard InChI is InChI=1S/C11H15N.5C11H14N.C5H12O2.2Ir/c5*1-2-3-4-5-8-11-9-6-7-10-12-11;1-2-3-4-5-7-11-8-6-9-12-10-11;1-4(6)3-5(2)7;;/h5-10H,2-4H2,1H3;5*6-10H,2-4H2,1H3;4-7H,3H2,1-2H3;;/q;5*-1;;;+3/b8-5+;;;;;;;;. The first-order valence-corrected chi connectivity index (χ1v) is 29.0. The molecule has 0 aliphatic heterocycles. The predicted molar refractivity (Wildman–Crippen MR) is 338 cm³/mol. The molecule has 81 heavy (non-hydrogen) atoms. The first kappa shape index (κ1) is 79.8. The van der Waals surface area contributed by atoms with Crippen LogP contribution in [-0.4, -0.2) is 52.3 Å². The summed E-state index contributed by atoms with van der Waals surface area (Å²) in [7, 11) is 0. The number of nitrogens with zero attached hydrogens (tertiary/aromatic N) is 6. The number of aromatic nitrogens is 6. The van der Waals surface area contributed by atoms with Crippen molar-refractivity contribution in [1.29, 1.82) is 0 Å². The molecule has 10 heteroatoms. The van der Waals surface area contributed by atoms with E-state index in [2.05, 4.69) is 114 Å². The molecule has 6 aromatic heterocycles. The smallest absolute Gasteiger partial charge is 0.393 e. The summed E-state index contributed by atoms with van der Waals surface area (Å²) < 4.78 is 0. The van der Waals surface area contributed by atoms with Crippen LogP contribution in [0.5, 0.6) is 0 Å². The molecule has 0 saturated heterocycles. The zero-order valence-electron chi connectivity index (χ0n) is 50.2. The van der Waals surface area contributed by atoms with Gasteiger partial charge in [0.25, 0.3) is 0 Å². The maximum absolute atomic E-state index is 8.56. The quantitative estimate of drug-likeness (QED) is 0.0407. The van der Waals surface area contributed by atoms with E-state index in [1.165, 1.54) is 77.0 Å². The Kier molecular flexibility index (Phi) is 62.8. The van der Waals surface area contributed by atoms with Crippen LogP contribution < -0.4 is 0 Å². The van der Waals surface area contributed by atoms with Crippen LogP contribution in [0.2, 0.25) is 0 Å². The van der Waals surface area contributed by atoms with E-state index in [1.54, 1.807) is 44.8 Å². The van der Waals surface area contributed by atoms with Crippen molar-refractivity contribution in [2.75, 3.05) is 0 Å². The molecule has 2 unspecified atom stereocenters. The molecule has 0 bridgehead atoms. The Morgan fingerprint density at radius 1 is 0.395 bits per heavy atom. The minimum absolute atomic E-state index is 0. The third-order valence-corrected chi connectivity index (χ3v) is 10.5. The topological polar surface area (TPSA) is 118 Å². The van der Waals surface area contributed by atoms with Crippen molar-refractivity contribution in [3.63, 3.8) is 0 Å². The van der Waals surface area contributed by atoms with Crippen molar-refractivity contribution in [2.45, 2.75) is 190 Å². The molecule has 6 rings (SSSR count). The Balaban J connectivity index is -0.000000877. The van der Waals surface area contributed by atoms with Gasteiger partial charge in [0.2, 0.25) is 0 Å². The van der Waals surface area contributed by atoms with Gasteiger partial charge >= 0.3 is 20.1 Å². The molecular weight excluding hydrogens is 1350 g/mol. The molecular formula is C71H97Ir2N6O2-2. The SMILES string of the molecule is CC(O)CC(C)O.CCCC/C=C/c1ccccn1.CCCC[C-]=Cc1ccccn1.CCCC[C-]=Cc1ccccn1.CCCC[C-]=Cc1ccccn1.CCCC[C-]=Cc1ccccn1.CCCC[C-]=Cc1cccnc1.[Ir+3].[Ir]. The van der Waals surface area contributed by atoms with Crippen LogP contribution >= 0.6 is 0 Å². The molecule has 6 aromatic rings. The van der Waals surface area contributed by atoms with Gasteiger partial charge in [-0.2, -0.15) is 5.56 Å². The number of aliphatic hydroxyl groups is 2. The number of unbranched alkanes of at least 4 members (excludes halogenated alkanes) is 12. The maximum atomic E-state index is 8.56. The molecule has 0 aliphatic rings. The molecule has 1 radical (unpaired) electrons. The van der Waals surface area contributed by atoms with Crippen LogP contribution in [0.3, 0.4) is 0 Å². The van der Waals surface area contributed by atoms with Crippen LogP contribution in [0.1, 0.15) is 211 Å². The summed E-state index contributed by atoms with van der Waals surface area (Å²) in [6.45, 7) is 16.4. The van der Waals surface area contributed by atoms with Gasteiger partial charge in [0.05, 0.1) is 17.9 Å². The van der Waals surface area contributed by atoms with Crippen molar-refractivity contribution >= 4 is 36.5 Å². The first-order valence-electron chi connectivity index (χ1n) is 29.0. The van der Waals surface area contributed by atoms with Gasteiger partial charge in [-0.05, 0) is 75.4 Å². The van der Waals surface area contributed by atoms with Gasteiger partial charge in [-0.3, -0.25) is 40.3 Å². The third-order valence-electron chi connectivity index (χ3n) is 10.5. The molecule has 6 heterocycles. The van der Waals surface area contributed by atoms with Crippen molar-refractivity contribution in [2.24, 2.45) is 0 Å². The summed E-state index contributed by atoms with van der Waals surface area (Å²) in [5.41, 5.74) is 6.16. The zero-order chi connectivity index (χ0) is 57.8. The van der Waals surface area contributed by atoms with Crippen molar-refractivity contribution < 1.29 is 50.4 Å². The Bertz CT molecular complexity index is 1910. The Morgan fingerprint density at radius 2 is 0.704 bits per heavy atom. The molecule has 0 amide bonds. The van der Waals surface area contributed by atoms with E-state index in [4.69, 9.17) is 10.2 Å². The largest absolute Gasteiger partial charge is 3.00 e. The fourth-order valence-electron chi connectivity index (χ4n) is 6.09. The average Bonchev–Trinajstić information content (AvgIpc) is 3.48. The van der Waals surface area contributed by atoms with Crippen LogP contribution in [0.15, 0.2) is 153 Å². The molecule has 0 aliphatic carbocycles. The van der Waals surface area contributed by atoms with Gasteiger partial charge in [0, 0.05) is 57.3 Å². The van der Waals surface area contributed by atoms with Crippen LogP contribution in [0.25, 0.3) is 36.5 Å². The van der Waals surface area contributed by atoms with E-state index in [-0.39, 0.29) is 52.4 Å². The monoisotopic (exact) mass is 1450 g/mol.